The summed E-state index contributed by atoms with van der Waals surface area (Å²) in [4.78, 5) is 14.9. The number of amides is 1. The molecule has 2 heterocycles. The summed E-state index contributed by atoms with van der Waals surface area (Å²) < 4.78 is 7.37. The first-order chi connectivity index (χ1) is 14.1. The van der Waals surface area contributed by atoms with Crippen molar-refractivity contribution in [2.45, 2.75) is 46.1 Å². The molecular weight excluding hydrogens is 366 g/mol. The van der Waals surface area contributed by atoms with Crippen molar-refractivity contribution >= 4 is 5.91 Å². The second-order valence-corrected chi connectivity index (χ2v) is 7.65. The maximum absolute atomic E-state index is 12.3. The summed E-state index contributed by atoms with van der Waals surface area (Å²) in [6, 6.07) is 7.12. The maximum atomic E-state index is 12.3. The number of benzene rings is 1. The standard InChI is InChI=1S/C22H33N5O2/c1-4-17(5-2)16-26-13-11-21-25-24-20(27(21)15-14-26)10-12-23-22(28)18-6-8-19(29-3)9-7-18/h6-9,17H,4-5,10-16H2,1-3H3,(H,23,28). The van der Waals surface area contributed by atoms with E-state index in [1.165, 1.54) is 19.4 Å². The lowest BCUT2D eigenvalue weighted by Gasteiger charge is -2.24. The number of nitrogens with zero attached hydrogens (tertiary/aromatic N) is 4. The highest BCUT2D eigenvalue weighted by Gasteiger charge is 2.20. The Hall–Kier alpha value is -2.41. The van der Waals surface area contributed by atoms with Crippen molar-refractivity contribution < 1.29 is 9.53 Å². The van der Waals surface area contributed by atoms with Crippen LogP contribution in [0.1, 0.15) is 48.7 Å². The molecule has 1 aromatic carbocycles. The Morgan fingerprint density at radius 2 is 1.90 bits per heavy atom. The number of carbonyl (C=O) groups is 1. The number of aromatic nitrogens is 3. The largest absolute Gasteiger partial charge is 0.497 e. The van der Waals surface area contributed by atoms with Crippen molar-refractivity contribution in [1.82, 2.24) is 25.0 Å². The van der Waals surface area contributed by atoms with Crippen LogP contribution in [0, 0.1) is 5.92 Å². The number of hydrogen-bond donors (Lipinski definition) is 1. The summed E-state index contributed by atoms with van der Waals surface area (Å²) in [6.07, 6.45) is 4.09. The van der Waals surface area contributed by atoms with Crippen LogP contribution in [0.25, 0.3) is 0 Å². The zero-order valence-corrected chi connectivity index (χ0v) is 17.9. The van der Waals surface area contributed by atoms with E-state index in [1.54, 1.807) is 31.4 Å². The van der Waals surface area contributed by atoms with Crippen LogP contribution in [0.5, 0.6) is 5.75 Å². The van der Waals surface area contributed by atoms with Gasteiger partial charge in [-0.1, -0.05) is 26.7 Å². The third kappa shape index (κ3) is 5.56. The molecule has 1 amide bonds. The van der Waals surface area contributed by atoms with Crippen molar-refractivity contribution in [3.63, 3.8) is 0 Å². The van der Waals surface area contributed by atoms with Crippen LogP contribution < -0.4 is 10.1 Å². The SMILES string of the molecule is CCC(CC)CN1CCc2nnc(CCNC(=O)c3ccc(OC)cc3)n2CC1. The van der Waals surface area contributed by atoms with Gasteiger partial charge in [0.2, 0.25) is 0 Å². The van der Waals surface area contributed by atoms with Gasteiger partial charge in [-0.3, -0.25) is 4.79 Å². The van der Waals surface area contributed by atoms with Crippen LogP contribution >= 0.6 is 0 Å². The van der Waals surface area contributed by atoms with Gasteiger partial charge >= 0.3 is 0 Å². The van der Waals surface area contributed by atoms with E-state index >= 15 is 0 Å². The third-order valence-electron chi connectivity index (χ3n) is 5.85. The van der Waals surface area contributed by atoms with E-state index in [1.807, 2.05) is 0 Å². The molecule has 0 fully saturated rings. The number of fused-ring (bicyclic) bond motifs is 1. The average Bonchev–Trinajstić information content (AvgIpc) is 3.03. The summed E-state index contributed by atoms with van der Waals surface area (Å²) >= 11 is 0. The van der Waals surface area contributed by atoms with E-state index in [0.29, 0.717) is 18.5 Å². The molecule has 3 rings (SSSR count). The smallest absolute Gasteiger partial charge is 0.251 e. The molecule has 1 N–H and O–H groups in total. The molecule has 2 aromatic rings. The Balaban J connectivity index is 1.51. The van der Waals surface area contributed by atoms with E-state index in [9.17, 15) is 4.79 Å². The van der Waals surface area contributed by atoms with Gasteiger partial charge in [0.15, 0.2) is 0 Å². The Labute approximate surface area is 173 Å². The molecular formula is C22H33N5O2. The molecule has 0 saturated carbocycles. The highest BCUT2D eigenvalue weighted by Crippen LogP contribution is 2.15. The zero-order chi connectivity index (χ0) is 20.6. The molecule has 7 nitrogen and oxygen atoms in total. The van der Waals surface area contributed by atoms with E-state index in [4.69, 9.17) is 4.74 Å². The predicted octanol–water partition coefficient (Wildman–Crippen LogP) is 2.55. The molecule has 0 atom stereocenters. The minimum Gasteiger partial charge on any atom is -0.497 e. The number of nitrogens with one attached hydrogen (secondary N) is 1. The molecule has 29 heavy (non-hydrogen) atoms. The number of methoxy groups -OCH3 is 1. The predicted molar refractivity (Wildman–Crippen MR) is 113 cm³/mol. The summed E-state index contributed by atoms with van der Waals surface area (Å²) in [5.74, 6) is 3.45. The van der Waals surface area contributed by atoms with Crippen LogP contribution in [0.3, 0.4) is 0 Å². The molecule has 1 aromatic heterocycles. The Morgan fingerprint density at radius 1 is 1.14 bits per heavy atom. The second-order valence-electron chi connectivity index (χ2n) is 7.65. The number of hydrogen-bond acceptors (Lipinski definition) is 5. The van der Waals surface area contributed by atoms with Gasteiger partial charge in [-0.05, 0) is 30.2 Å². The van der Waals surface area contributed by atoms with Crippen molar-refractivity contribution in [2.75, 3.05) is 33.3 Å². The second kappa shape index (κ2) is 10.4. The molecule has 158 valence electrons. The first-order valence-corrected chi connectivity index (χ1v) is 10.7. The van der Waals surface area contributed by atoms with Crippen LogP contribution in [-0.2, 0) is 19.4 Å². The summed E-state index contributed by atoms with van der Waals surface area (Å²) in [7, 11) is 1.61. The monoisotopic (exact) mass is 399 g/mol. The van der Waals surface area contributed by atoms with Crippen LogP contribution in [0.2, 0.25) is 0 Å². The van der Waals surface area contributed by atoms with Gasteiger partial charge in [0.25, 0.3) is 5.91 Å². The minimum absolute atomic E-state index is 0.0837. The van der Waals surface area contributed by atoms with Gasteiger partial charge in [-0.25, -0.2) is 0 Å². The Morgan fingerprint density at radius 3 is 2.59 bits per heavy atom. The molecule has 0 aliphatic carbocycles. The van der Waals surface area contributed by atoms with Crippen molar-refractivity contribution in [1.29, 1.82) is 0 Å². The highest BCUT2D eigenvalue weighted by molar-refractivity contribution is 5.94. The Kier molecular flexibility index (Phi) is 7.63. The fourth-order valence-electron chi connectivity index (χ4n) is 3.84. The van der Waals surface area contributed by atoms with Gasteiger partial charge in [-0.15, -0.1) is 10.2 Å². The number of carbonyl (C=O) groups excluding carboxylic acids is 1. The first kappa shape index (κ1) is 21.3. The normalized spacial score (nSPS) is 14.5. The maximum Gasteiger partial charge on any atom is 0.251 e. The van der Waals surface area contributed by atoms with E-state index < -0.39 is 0 Å². The minimum atomic E-state index is -0.0837. The molecule has 0 unspecified atom stereocenters. The lowest BCUT2D eigenvalue weighted by Crippen LogP contribution is -2.32. The van der Waals surface area contributed by atoms with E-state index in [-0.39, 0.29) is 5.91 Å². The van der Waals surface area contributed by atoms with Crippen molar-refractivity contribution in [3.8, 4) is 5.75 Å². The van der Waals surface area contributed by atoms with Gasteiger partial charge in [0.1, 0.15) is 17.4 Å². The van der Waals surface area contributed by atoms with Crippen LogP contribution in [-0.4, -0.2) is 58.9 Å². The fraction of sp³-hybridized carbons (Fsp3) is 0.591. The first-order valence-electron chi connectivity index (χ1n) is 10.7. The lowest BCUT2D eigenvalue weighted by molar-refractivity contribution is 0.0954. The highest BCUT2D eigenvalue weighted by atomic mass is 16.5. The van der Waals surface area contributed by atoms with Gasteiger partial charge in [0.05, 0.1) is 7.11 Å². The number of ether oxygens (including phenoxy) is 1. The van der Waals surface area contributed by atoms with Crippen molar-refractivity contribution in [3.05, 3.63) is 41.5 Å². The van der Waals surface area contributed by atoms with E-state index in [2.05, 4.69) is 38.8 Å². The third-order valence-corrected chi connectivity index (χ3v) is 5.85. The molecule has 0 saturated heterocycles. The Bertz CT molecular complexity index is 783. The van der Waals surface area contributed by atoms with E-state index in [0.717, 1.165) is 49.4 Å². The van der Waals surface area contributed by atoms with Crippen LogP contribution in [0.15, 0.2) is 24.3 Å². The molecule has 1 aliphatic heterocycles. The van der Waals surface area contributed by atoms with Crippen LogP contribution in [0.4, 0.5) is 0 Å². The summed E-state index contributed by atoms with van der Waals surface area (Å²) in [5.41, 5.74) is 0.628. The lowest BCUT2D eigenvalue weighted by atomic mass is 10.0. The zero-order valence-electron chi connectivity index (χ0n) is 17.9. The number of rotatable bonds is 9. The quantitative estimate of drug-likeness (QED) is 0.702. The van der Waals surface area contributed by atoms with Gasteiger partial charge < -0.3 is 19.5 Å². The van der Waals surface area contributed by atoms with Gasteiger partial charge in [-0.2, -0.15) is 0 Å². The average molecular weight is 400 g/mol. The molecule has 0 radical (unpaired) electrons. The fourth-order valence-corrected chi connectivity index (χ4v) is 3.84. The molecule has 1 aliphatic rings. The summed E-state index contributed by atoms with van der Waals surface area (Å²) in [5, 5.41) is 11.8. The molecule has 0 spiro atoms. The molecule has 0 bridgehead atoms. The van der Waals surface area contributed by atoms with Crippen molar-refractivity contribution in [2.24, 2.45) is 5.92 Å². The van der Waals surface area contributed by atoms with Gasteiger partial charge in [0, 0.05) is 51.1 Å². The molecule has 7 heteroatoms. The topological polar surface area (TPSA) is 72.3 Å². The summed E-state index contributed by atoms with van der Waals surface area (Å²) in [6.45, 7) is 9.26.